The van der Waals surface area contributed by atoms with Crippen LogP contribution in [0.5, 0.6) is 23.0 Å². The van der Waals surface area contributed by atoms with E-state index in [0.29, 0.717) is 40.7 Å². The Balaban J connectivity index is 1.90. The highest BCUT2D eigenvalue weighted by Gasteiger charge is 2.36. The number of urea groups is 1. The molecule has 0 bridgehead atoms. The van der Waals surface area contributed by atoms with Gasteiger partial charge in [0.1, 0.15) is 5.57 Å². The molecule has 0 atom stereocenters. The lowest BCUT2D eigenvalue weighted by atomic mass is 10.1. The van der Waals surface area contributed by atoms with Crippen LogP contribution in [0.1, 0.15) is 24.5 Å². The predicted octanol–water partition coefficient (Wildman–Crippen LogP) is 3.77. The quantitative estimate of drug-likeness (QED) is 0.274. The number of nitrogens with one attached hydrogen (secondary N) is 1. The van der Waals surface area contributed by atoms with E-state index in [1.54, 1.807) is 30.3 Å². The van der Waals surface area contributed by atoms with Gasteiger partial charge in [-0.25, -0.2) is 4.79 Å². The number of halogens is 1. The fourth-order valence-electron chi connectivity index (χ4n) is 3.35. The van der Waals surface area contributed by atoms with Gasteiger partial charge in [-0.2, -0.15) is 0 Å². The number of hydrogen-bond acceptors (Lipinski definition) is 7. The van der Waals surface area contributed by atoms with Gasteiger partial charge >= 0.3 is 6.03 Å². The van der Waals surface area contributed by atoms with Gasteiger partial charge < -0.3 is 18.9 Å². The molecule has 34 heavy (non-hydrogen) atoms. The standard InChI is InChI=1S/C24H25IN2O7/c1-5-8-34-18-7-6-14(11-19(18)31-2)13-27-23(29)16(22(28)26-24(27)30)9-15-10-17(25)21(33-4)20(12-15)32-3/h6-7,9-12H,5,8,13H2,1-4H3,(H,26,28,30)/b16-9+. The van der Waals surface area contributed by atoms with Gasteiger partial charge in [0, 0.05) is 0 Å². The molecule has 2 aromatic rings. The van der Waals surface area contributed by atoms with Crippen molar-refractivity contribution in [2.24, 2.45) is 0 Å². The average molecular weight is 580 g/mol. The summed E-state index contributed by atoms with van der Waals surface area (Å²) >= 11 is 2.07. The summed E-state index contributed by atoms with van der Waals surface area (Å²) in [5.74, 6) is 0.585. The van der Waals surface area contributed by atoms with E-state index >= 15 is 0 Å². The Hall–Kier alpha value is -3.28. The molecule has 1 aliphatic rings. The van der Waals surface area contributed by atoms with Gasteiger partial charge in [-0.15, -0.1) is 0 Å². The van der Waals surface area contributed by atoms with Crippen LogP contribution in [-0.4, -0.2) is 50.7 Å². The van der Waals surface area contributed by atoms with E-state index in [-0.39, 0.29) is 12.1 Å². The SMILES string of the molecule is CCCOc1ccc(CN2C(=O)NC(=O)/C(=C\c3cc(I)c(OC)c(OC)c3)C2=O)cc1OC. The number of methoxy groups -OCH3 is 3. The summed E-state index contributed by atoms with van der Waals surface area (Å²) in [6, 6.07) is 7.76. The van der Waals surface area contributed by atoms with Gasteiger partial charge in [-0.05, 0) is 70.5 Å². The summed E-state index contributed by atoms with van der Waals surface area (Å²) in [6.07, 6.45) is 2.26. The number of imide groups is 2. The third kappa shape index (κ3) is 5.44. The van der Waals surface area contributed by atoms with Crippen molar-refractivity contribution >= 4 is 46.5 Å². The number of barbiturate groups is 1. The van der Waals surface area contributed by atoms with E-state index in [1.165, 1.54) is 27.4 Å². The minimum absolute atomic E-state index is 0.0524. The molecule has 0 unspecified atom stereocenters. The molecule has 1 fully saturated rings. The van der Waals surface area contributed by atoms with Crippen LogP contribution in [0.15, 0.2) is 35.9 Å². The van der Waals surface area contributed by atoms with Crippen molar-refractivity contribution < 1.29 is 33.3 Å². The van der Waals surface area contributed by atoms with Gasteiger partial charge in [0.05, 0.1) is 38.1 Å². The first-order valence-corrected chi connectivity index (χ1v) is 11.5. The summed E-state index contributed by atoms with van der Waals surface area (Å²) < 4.78 is 22.4. The third-order valence-corrected chi connectivity index (χ3v) is 5.78. The zero-order valence-electron chi connectivity index (χ0n) is 19.3. The van der Waals surface area contributed by atoms with Crippen molar-refractivity contribution in [3.8, 4) is 23.0 Å². The molecule has 1 saturated heterocycles. The number of amides is 4. The molecule has 1 heterocycles. The molecule has 0 spiro atoms. The molecule has 10 heteroatoms. The Bertz CT molecular complexity index is 1150. The fraction of sp³-hybridized carbons (Fsp3) is 0.292. The van der Waals surface area contributed by atoms with Crippen LogP contribution in [0, 0.1) is 3.57 Å². The highest BCUT2D eigenvalue weighted by Crippen LogP contribution is 2.34. The predicted molar refractivity (Wildman–Crippen MR) is 133 cm³/mol. The minimum atomic E-state index is -0.792. The first-order valence-electron chi connectivity index (χ1n) is 10.4. The van der Waals surface area contributed by atoms with E-state index in [1.807, 2.05) is 6.92 Å². The highest BCUT2D eigenvalue weighted by atomic mass is 127. The van der Waals surface area contributed by atoms with E-state index in [9.17, 15) is 14.4 Å². The Morgan fingerprint density at radius 3 is 2.35 bits per heavy atom. The number of carbonyl (C=O) groups is 3. The maximum absolute atomic E-state index is 13.1. The molecule has 0 aromatic heterocycles. The number of ether oxygens (including phenoxy) is 4. The molecular weight excluding hydrogens is 555 g/mol. The van der Waals surface area contributed by atoms with E-state index in [4.69, 9.17) is 18.9 Å². The molecule has 0 aliphatic carbocycles. The van der Waals surface area contributed by atoms with Crippen molar-refractivity contribution in [2.75, 3.05) is 27.9 Å². The Labute approximate surface area is 211 Å². The number of carbonyl (C=O) groups excluding carboxylic acids is 3. The topological polar surface area (TPSA) is 103 Å². The second-order valence-corrected chi connectivity index (χ2v) is 8.44. The van der Waals surface area contributed by atoms with Gasteiger partial charge in [-0.3, -0.25) is 19.8 Å². The molecule has 0 radical (unpaired) electrons. The van der Waals surface area contributed by atoms with E-state index < -0.39 is 17.8 Å². The Morgan fingerprint density at radius 1 is 0.971 bits per heavy atom. The zero-order valence-corrected chi connectivity index (χ0v) is 21.4. The maximum Gasteiger partial charge on any atom is 0.331 e. The van der Waals surface area contributed by atoms with Gasteiger partial charge in [0.2, 0.25) is 0 Å². The average Bonchev–Trinajstić information content (AvgIpc) is 2.82. The third-order valence-electron chi connectivity index (χ3n) is 4.98. The fourth-order valence-corrected chi connectivity index (χ4v) is 4.20. The van der Waals surface area contributed by atoms with Crippen LogP contribution in [0.25, 0.3) is 6.08 Å². The van der Waals surface area contributed by atoms with Crippen LogP contribution < -0.4 is 24.3 Å². The number of hydrogen-bond donors (Lipinski definition) is 1. The molecule has 1 N–H and O–H groups in total. The number of rotatable bonds is 9. The molecular formula is C24H25IN2O7. The molecule has 0 saturated carbocycles. The summed E-state index contributed by atoms with van der Waals surface area (Å²) in [5.41, 5.74) is 1.02. The first kappa shape index (κ1) is 25.3. The number of benzene rings is 2. The second-order valence-electron chi connectivity index (χ2n) is 7.28. The molecule has 2 aromatic carbocycles. The van der Waals surface area contributed by atoms with Crippen LogP contribution in [0.4, 0.5) is 4.79 Å². The first-order chi connectivity index (χ1) is 16.3. The molecule has 1 aliphatic heterocycles. The highest BCUT2D eigenvalue weighted by molar-refractivity contribution is 14.1. The van der Waals surface area contributed by atoms with Crippen LogP contribution in [0.2, 0.25) is 0 Å². The van der Waals surface area contributed by atoms with Gasteiger partial charge in [0.15, 0.2) is 23.0 Å². The molecule has 3 rings (SSSR count). The van der Waals surface area contributed by atoms with Crippen molar-refractivity contribution in [1.29, 1.82) is 0 Å². The van der Waals surface area contributed by atoms with Crippen molar-refractivity contribution in [2.45, 2.75) is 19.9 Å². The van der Waals surface area contributed by atoms with Crippen LogP contribution >= 0.6 is 22.6 Å². The van der Waals surface area contributed by atoms with Gasteiger partial charge in [-0.1, -0.05) is 13.0 Å². The van der Waals surface area contributed by atoms with Gasteiger partial charge in [0.25, 0.3) is 11.8 Å². The summed E-state index contributed by atoms with van der Waals surface area (Å²) in [5, 5.41) is 2.23. The second kappa shape index (κ2) is 11.2. The Morgan fingerprint density at radius 2 is 1.71 bits per heavy atom. The summed E-state index contributed by atoms with van der Waals surface area (Å²) in [4.78, 5) is 39.1. The Kier molecular flexibility index (Phi) is 8.37. The van der Waals surface area contributed by atoms with Crippen molar-refractivity contribution in [1.82, 2.24) is 10.2 Å². The lowest BCUT2D eigenvalue weighted by Gasteiger charge is -2.26. The van der Waals surface area contributed by atoms with Crippen molar-refractivity contribution in [3.63, 3.8) is 0 Å². The van der Waals surface area contributed by atoms with E-state index in [0.717, 1.165) is 14.9 Å². The minimum Gasteiger partial charge on any atom is -0.493 e. The van der Waals surface area contributed by atoms with Crippen LogP contribution in [-0.2, 0) is 16.1 Å². The monoisotopic (exact) mass is 580 g/mol. The largest absolute Gasteiger partial charge is 0.493 e. The smallest absolute Gasteiger partial charge is 0.331 e. The van der Waals surface area contributed by atoms with E-state index in [2.05, 4.69) is 27.9 Å². The normalized spacial score (nSPS) is 14.8. The van der Waals surface area contributed by atoms with Crippen molar-refractivity contribution in [3.05, 3.63) is 50.6 Å². The molecule has 4 amide bonds. The number of nitrogens with zero attached hydrogens (tertiary/aromatic N) is 1. The zero-order chi connectivity index (χ0) is 24.8. The lowest BCUT2D eigenvalue weighted by Crippen LogP contribution is -2.53. The lowest BCUT2D eigenvalue weighted by molar-refractivity contribution is -0.130. The molecule has 180 valence electrons. The summed E-state index contributed by atoms with van der Waals surface area (Å²) in [6.45, 7) is 2.48. The molecule has 9 nitrogen and oxygen atoms in total. The summed E-state index contributed by atoms with van der Waals surface area (Å²) in [7, 11) is 4.54. The van der Waals surface area contributed by atoms with Crippen LogP contribution in [0.3, 0.4) is 0 Å². The maximum atomic E-state index is 13.1.